The SMILES string of the molecule is O=C(Nc1ccccc1F)N1CCN(CCO)CC1. The van der Waals surface area contributed by atoms with Crippen molar-refractivity contribution in [3.05, 3.63) is 30.1 Å². The number of benzene rings is 1. The minimum absolute atomic E-state index is 0.126. The van der Waals surface area contributed by atoms with Gasteiger partial charge in [-0.25, -0.2) is 9.18 Å². The number of nitrogens with zero attached hydrogens (tertiary/aromatic N) is 2. The van der Waals surface area contributed by atoms with E-state index < -0.39 is 5.82 Å². The van der Waals surface area contributed by atoms with Crippen molar-refractivity contribution in [3.63, 3.8) is 0 Å². The van der Waals surface area contributed by atoms with E-state index in [9.17, 15) is 9.18 Å². The molecule has 0 spiro atoms. The van der Waals surface area contributed by atoms with Crippen molar-refractivity contribution in [1.82, 2.24) is 9.80 Å². The Bertz CT molecular complexity index is 434. The van der Waals surface area contributed by atoms with E-state index >= 15 is 0 Å². The van der Waals surface area contributed by atoms with Gasteiger partial charge in [0.2, 0.25) is 0 Å². The number of anilines is 1. The normalized spacial score (nSPS) is 16.4. The molecule has 104 valence electrons. The van der Waals surface area contributed by atoms with Gasteiger partial charge in [0.15, 0.2) is 0 Å². The fraction of sp³-hybridized carbons (Fsp3) is 0.462. The molecule has 1 aliphatic rings. The van der Waals surface area contributed by atoms with Gasteiger partial charge in [0.25, 0.3) is 0 Å². The largest absolute Gasteiger partial charge is 0.395 e. The molecule has 2 N–H and O–H groups in total. The van der Waals surface area contributed by atoms with E-state index in [4.69, 9.17) is 5.11 Å². The summed E-state index contributed by atoms with van der Waals surface area (Å²) in [7, 11) is 0. The van der Waals surface area contributed by atoms with Gasteiger partial charge >= 0.3 is 6.03 Å². The van der Waals surface area contributed by atoms with Crippen molar-refractivity contribution < 1.29 is 14.3 Å². The summed E-state index contributed by atoms with van der Waals surface area (Å²) in [4.78, 5) is 15.7. The van der Waals surface area contributed by atoms with Crippen LogP contribution in [0.25, 0.3) is 0 Å². The second kappa shape index (κ2) is 6.49. The predicted octanol–water partition coefficient (Wildman–Crippen LogP) is 0.967. The van der Waals surface area contributed by atoms with E-state index in [1.165, 1.54) is 12.1 Å². The van der Waals surface area contributed by atoms with Gasteiger partial charge in [-0.1, -0.05) is 12.1 Å². The van der Waals surface area contributed by atoms with Crippen LogP contribution >= 0.6 is 0 Å². The number of hydrogen-bond acceptors (Lipinski definition) is 3. The molecule has 1 aliphatic heterocycles. The van der Waals surface area contributed by atoms with E-state index in [0.717, 1.165) is 13.1 Å². The van der Waals surface area contributed by atoms with Gasteiger partial charge < -0.3 is 15.3 Å². The van der Waals surface area contributed by atoms with Crippen LogP contribution < -0.4 is 5.32 Å². The van der Waals surface area contributed by atoms with Gasteiger partial charge in [-0.05, 0) is 12.1 Å². The van der Waals surface area contributed by atoms with Gasteiger partial charge in [-0.15, -0.1) is 0 Å². The number of urea groups is 1. The molecular formula is C13H18FN3O2. The quantitative estimate of drug-likeness (QED) is 0.858. The first-order valence-electron chi connectivity index (χ1n) is 6.34. The molecule has 2 amide bonds. The number of β-amino-alcohol motifs (C(OH)–C–C–N with tert-alkyl or cyclic N) is 1. The van der Waals surface area contributed by atoms with Crippen molar-refractivity contribution >= 4 is 11.7 Å². The Morgan fingerprint density at radius 2 is 1.95 bits per heavy atom. The zero-order valence-electron chi connectivity index (χ0n) is 10.7. The number of halogens is 1. The zero-order chi connectivity index (χ0) is 13.7. The number of piperazine rings is 1. The summed E-state index contributed by atoms with van der Waals surface area (Å²) in [6, 6.07) is 5.83. The summed E-state index contributed by atoms with van der Waals surface area (Å²) in [6.45, 7) is 3.38. The molecule has 0 radical (unpaired) electrons. The van der Waals surface area contributed by atoms with Crippen LogP contribution in [0.2, 0.25) is 0 Å². The second-order valence-electron chi connectivity index (χ2n) is 4.46. The first-order valence-corrected chi connectivity index (χ1v) is 6.34. The minimum Gasteiger partial charge on any atom is -0.395 e. The predicted molar refractivity (Wildman–Crippen MR) is 70.5 cm³/mol. The van der Waals surface area contributed by atoms with Crippen molar-refractivity contribution in [2.24, 2.45) is 0 Å². The number of carbonyl (C=O) groups is 1. The molecule has 0 saturated carbocycles. The standard InChI is InChI=1S/C13H18FN3O2/c14-11-3-1-2-4-12(11)15-13(19)17-7-5-16(6-8-17)9-10-18/h1-4,18H,5-10H2,(H,15,19). The molecule has 1 fully saturated rings. The third-order valence-corrected chi connectivity index (χ3v) is 3.19. The summed E-state index contributed by atoms with van der Waals surface area (Å²) in [6.07, 6.45) is 0. The van der Waals surface area contributed by atoms with E-state index in [1.54, 1.807) is 17.0 Å². The van der Waals surface area contributed by atoms with Crippen LogP contribution in [-0.2, 0) is 0 Å². The molecule has 0 aliphatic carbocycles. The third-order valence-electron chi connectivity index (χ3n) is 3.19. The van der Waals surface area contributed by atoms with Crippen LogP contribution in [0.1, 0.15) is 0 Å². The van der Waals surface area contributed by atoms with Gasteiger partial charge in [0.05, 0.1) is 12.3 Å². The molecule has 5 nitrogen and oxygen atoms in total. The highest BCUT2D eigenvalue weighted by Crippen LogP contribution is 2.13. The van der Waals surface area contributed by atoms with E-state index in [0.29, 0.717) is 19.6 Å². The van der Waals surface area contributed by atoms with Crippen LogP contribution in [0.5, 0.6) is 0 Å². The maximum atomic E-state index is 13.4. The highest BCUT2D eigenvalue weighted by molar-refractivity contribution is 5.89. The highest BCUT2D eigenvalue weighted by Gasteiger charge is 2.21. The van der Waals surface area contributed by atoms with Gasteiger partial charge in [-0.3, -0.25) is 4.90 Å². The average Bonchev–Trinajstić information content (AvgIpc) is 2.42. The van der Waals surface area contributed by atoms with Crippen LogP contribution in [0, 0.1) is 5.82 Å². The maximum Gasteiger partial charge on any atom is 0.322 e. The topological polar surface area (TPSA) is 55.8 Å². The fourth-order valence-corrected chi connectivity index (χ4v) is 2.07. The van der Waals surface area contributed by atoms with Gasteiger partial charge in [0, 0.05) is 32.7 Å². The number of rotatable bonds is 3. The molecular weight excluding hydrogens is 249 g/mol. The summed E-state index contributed by atoms with van der Waals surface area (Å²) >= 11 is 0. The van der Waals surface area contributed by atoms with E-state index in [1.807, 2.05) is 0 Å². The molecule has 1 aromatic rings. The molecule has 2 rings (SSSR count). The molecule has 1 heterocycles. The van der Waals surface area contributed by atoms with Gasteiger partial charge in [-0.2, -0.15) is 0 Å². The summed E-state index contributed by atoms with van der Waals surface area (Å²) < 4.78 is 13.4. The third kappa shape index (κ3) is 3.65. The lowest BCUT2D eigenvalue weighted by molar-refractivity contribution is 0.127. The maximum absolute atomic E-state index is 13.4. The number of aliphatic hydroxyl groups is 1. The molecule has 1 saturated heterocycles. The van der Waals surface area contributed by atoms with Crippen molar-refractivity contribution in [2.75, 3.05) is 44.6 Å². The number of aliphatic hydroxyl groups excluding tert-OH is 1. The van der Waals surface area contributed by atoms with Crippen LogP contribution in [0.3, 0.4) is 0 Å². The summed E-state index contributed by atoms with van der Waals surface area (Å²) in [5.41, 5.74) is 0.199. The minimum atomic E-state index is -0.435. The number of hydrogen-bond donors (Lipinski definition) is 2. The van der Waals surface area contributed by atoms with E-state index in [-0.39, 0.29) is 18.3 Å². The Morgan fingerprint density at radius 1 is 1.26 bits per heavy atom. The fourth-order valence-electron chi connectivity index (χ4n) is 2.07. The molecule has 0 unspecified atom stereocenters. The molecule has 19 heavy (non-hydrogen) atoms. The Hall–Kier alpha value is -1.66. The number of amides is 2. The first kappa shape index (κ1) is 13.8. The molecule has 0 atom stereocenters. The monoisotopic (exact) mass is 267 g/mol. The van der Waals surface area contributed by atoms with Crippen LogP contribution in [-0.4, -0.2) is 60.3 Å². The Labute approximate surface area is 111 Å². The van der Waals surface area contributed by atoms with Crippen molar-refractivity contribution in [2.45, 2.75) is 0 Å². The van der Waals surface area contributed by atoms with Crippen LogP contribution in [0.4, 0.5) is 14.9 Å². The number of para-hydroxylation sites is 1. The average molecular weight is 267 g/mol. The molecule has 0 bridgehead atoms. The lowest BCUT2D eigenvalue weighted by Crippen LogP contribution is -2.50. The van der Waals surface area contributed by atoms with E-state index in [2.05, 4.69) is 10.2 Å². The van der Waals surface area contributed by atoms with Crippen LogP contribution in [0.15, 0.2) is 24.3 Å². The van der Waals surface area contributed by atoms with Crippen molar-refractivity contribution in [1.29, 1.82) is 0 Å². The molecule has 6 heteroatoms. The Balaban J connectivity index is 1.87. The Morgan fingerprint density at radius 3 is 2.58 bits per heavy atom. The highest BCUT2D eigenvalue weighted by atomic mass is 19.1. The summed E-state index contributed by atoms with van der Waals surface area (Å²) in [5.74, 6) is -0.435. The number of nitrogens with one attached hydrogen (secondary N) is 1. The summed E-state index contributed by atoms with van der Waals surface area (Å²) in [5, 5.41) is 11.4. The lowest BCUT2D eigenvalue weighted by atomic mass is 10.3. The second-order valence-corrected chi connectivity index (χ2v) is 4.46. The zero-order valence-corrected chi connectivity index (χ0v) is 10.7. The first-order chi connectivity index (χ1) is 9.20. The van der Waals surface area contributed by atoms with Crippen molar-refractivity contribution in [3.8, 4) is 0 Å². The lowest BCUT2D eigenvalue weighted by Gasteiger charge is -2.34. The van der Waals surface area contributed by atoms with Gasteiger partial charge in [0.1, 0.15) is 5.82 Å². The smallest absolute Gasteiger partial charge is 0.322 e. The molecule has 1 aromatic carbocycles. The number of carbonyl (C=O) groups excluding carboxylic acids is 1. The Kier molecular flexibility index (Phi) is 4.70. The molecule has 0 aromatic heterocycles.